The van der Waals surface area contributed by atoms with Crippen molar-refractivity contribution in [2.45, 2.75) is 6.42 Å². The van der Waals surface area contributed by atoms with Crippen molar-refractivity contribution < 1.29 is 13.6 Å². The highest BCUT2D eigenvalue weighted by atomic mass is 19.1. The molecule has 20 heavy (non-hydrogen) atoms. The molecule has 0 aliphatic carbocycles. The molecule has 0 saturated carbocycles. The Kier molecular flexibility index (Phi) is 4.42. The van der Waals surface area contributed by atoms with Gasteiger partial charge in [0.2, 0.25) is 0 Å². The summed E-state index contributed by atoms with van der Waals surface area (Å²) in [5.74, 6) is -2.13. The minimum atomic E-state index is -0.784. The number of benzene rings is 2. The summed E-state index contributed by atoms with van der Waals surface area (Å²) in [5.41, 5.74) is 6.99. The first-order valence-electron chi connectivity index (χ1n) is 6.15. The van der Waals surface area contributed by atoms with E-state index in [9.17, 15) is 13.6 Å². The average Bonchev–Trinajstić information content (AvgIpc) is 2.40. The molecule has 104 valence electrons. The maximum atomic E-state index is 13.0. The lowest BCUT2D eigenvalue weighted by Crippen LogP contribution is -2.12. The molecule has 3 nitrogen and oxygen atoms in total. The van der Waals surface area contributed by atoms with Gasteiger partial charge in [0.25, 0.3) is 5.91 Å². The molecule has 0 fully saturated rings. The number of carbonyl (C=O) groups excluding carboxylic acids is 1. The lowest BCUT2D eigenvalue weighted by atomic mass is 10.1. The molecule has 0 unspecified atom stereocenters. The minimum absolute atomic E-state index is 0.0615. The maximum Gasteiger partial charge on any atom is 0.255 e. The van der Waals surface area contributed by atoms with Crippen molar-refractivity contribution in [3.63, 3.8) is 0 Å². The fourth-order valence-electron chi connectivity index (χ4n) is 1.81. The van der Waals surface area contributed by atoms with E-state index in [4.69, 9.17) is 5.73 Å². The number of nitrogens with one attached hydrogen (secondary N) is 1. The van der Waals surface area contributed by atoms with Crippen LogP contribution in [0.3, 0.4) is 0 Å². The van der Waals surface area contributed by atoms with Gasteiger partial charge in [-0.2, -0.15) is 0 Å². The monoisotopic (exact) mass is 276 g/mol. The smallest absolute Gasteiger partial charge is 0.255 e. The summed E-state index contributed by atoms with van der Waals surface area (Å²) in [6.45, 7) is 0.550. The van der Waals surface area contributed by atoms with E-state index in [1.807, 2.05) is 12.1 Å². The van der Waals surface area contributed by atoms with Gasteiger partial charge >= 0.3 is 0 Å². The van der Waals surface area contributed by atoms with Crippen molar-refractivity contribution in [1.82, 2.24) is 0 Å². The molecule has 0 atom stereocenters. The number of nitrogens with two attached hydrogens (primary N) is 1. The highest BCUT2D eigenvalue weighted by Crippen LogP contribution is 2.13. The van der Waals surface area contributed by atoms with E-state index in [0.29, 0.717) is 12.2 Å². The van der Waals surface area contributed by atoms with Crippen LogP contribution in [-0.4, -0.2) is 12.5 Å². The molecule has 5 heteroatoms. The van der Waals surface area contributed by atoms with Crippen LogP contribution in [0.2, 0.25) is 0 Å². The van der Waals surface area contributed by atoms with Gasteiger partial charge in [-0.1, -0.05) is 12.1 Å². The van der Waals surface area contributed by atoms with E-state index in [0.717, 1.165) is 30.2 Å². The summed E-state index contributed by atoms with van der Waals surface area (Å²) in [6.07, 6.45) is 0.753. The quantitative estimate of drug-likeness (QED) is 0.902. The number of amides is 1. The van der Waals surface area contributed by atoms with Gasteiger partial charge in [0.1, 0.15) is 11.6 Å². The molecule has 0 bridgehead atoms. The van der Waals surface area contributed by atoms with Crippen LogP contribution in [0.25, 0.3) is 0 Å². The second-order valence-electron chi connectivity index (χ2n) is 4.35. The van der Waals surface area contributed by atoms with E-state index in [1.165, 1.54) is 0 Å². The van der Waals surface area contributed by atoms with Gasteiger partial charge in [-0.3, -0.25) is 4.79 Å². The number of carbonyl (C=O) groups is 1. The van der Waals surface area contributed by atoms with E-state index in [2.05, 4.69) is 5.32 Å². The molecule has 2 rings (SSSR count). The predicted octanol–water partition coefficient (Wildman–Crippen LogP) is 2.72. The van der Waals surface area contributed by atoms with Crippen molar-refractivity contribution >= 4 is 11.6 Å². The molecule has 0 heterocycles. The van der Waals surface area contributed by atoms with E-state index < -0.39 is 17.5 Å². The standard InChI is InChI=1S/C15H14F2N2O/c16-12-7-11(8-13(17)9-12)15(20)19-14-3-1-10(2-4-14)5-6-18/h1-4,7-9H,5-6,18H2,(H,19,20). The Balaban J connectivity index is 2.10. The van der Waals surface area contributed by atoms with Crippen LogP contribution in [0, 0.1) is 11.6 Å². The second-order valence-corrected chi connectivity index (χ2v) is 4.35. The Hall–Kier alpha value is -2.27. The number of hydrogen-bond donors (Lipinski definition) is 2. The number of halogens is 2. The molecule has 0 aliphatic heterocycles. The molecular weight excluding hydrogens is 262 g/mol. The first kappa shape index (κ1) is 14.1. The highest BCUT2D eigenvalue weighted by molar-refractivity contribution is 6.04. The number of anilines is 1. The summed E-state index contributed by atoms with van der Waals surface area (Å²) >= 11 is 0. The van der Waals surface area contributed by atoms with Crippen LogP contribution in [0.15, 0.2) is 42.5 Å². The van der Waals surface area contributed by atoms with Crippen molar-refractivity contribution in [3.8, 4) is 0 Å². The van der Waals surface area contributed by atoms with Gasteiger partial charge in [-0.05, 0) is 42.8 Å². The van der Waals surface area contributed by atoms with E-state index in [1.54, 1.807) is 12.1 Å². The maximum absolute atomic E-state index is 13.0. The SMILES string of the molecule is NCCc1ccc(NC(=O)c2cc(F)cc(F)c2)cc1. The van der Waals surface area contributed by atoms with Crippen LogP contribution in [0.1, 0.15) is 15.9 Å². The first-order chi connectivity index (χ1) is 9.58. The number of rotatable bonds is 4. The third-order valence-corrected chi connectivity index (χ3v) is 2.77. The van der Waals surface area contributed by atoms with Crippen LogP contribution in [-0.2, 0) is 6.42 Å². The van der Waals surface area contributed by atoms with Crippen molar-refractivity contribution in [1.29, 1.82) is 0 Å². The average molecular weight is 276 g/mol. The predicted molar refractivity (Wildman–Crippen MR) is 73.5 cm³/mol. The Morgan fingerprint density at radius 2 is 1.65 bits per heavy atom. The zero-order valence-electron chi connectivity index (χ0n) is 10.7. The van der Waals surface area contributed by atoms with Gasteiger partial charge < -0.3 is 11.1 Å². The lowest BCUT2D eigenvalue weighted by molar-refractivity contribution is 0.102. The molecule has 0 aliphatic rings. The zero-order valence-corrected chi connectivity index (χ0v) is 10.7. The van der Waals surface area contributed by atoms with Gasteiger partial charge in [0, 0.05) is 17.3 Å². The van der Waals surface area contributed by atoms with Gasteiger partial charge in [-0.25, -0.2) is 8.78 Å². The molecule has 0 radical (unpaired) electrons. The van der Waals surface area contributed by atoms with Gasteiger partial charge in [-0.15, -0.1) is 0 Å². The van der Waals surface area contributed by atoms with Crippen LogP contribution in [0.4, 0.5) is 14.5 Å². The lowest BCUT2D eigenvalue weighted by Gasteiger charge is -2.06. The first-order valence-corrected chi connectivity index (χ1v) is 6.15. The van der Waals surface area contributed by atoms with Crippen LogP contribution < -0.4 is 11.1 Å². The summed E-state index contributed by atoms with van der Waals surface area (Å²) in [4.78, 5) is 11.9. The molecule has 3 N–H and O–H groups in total. The van der Waals surface area contributed by atoms with Gasteiger partial charge in [0.05, 0.1) is 0 Å². The zero-order chi connectivity index (χ0) is 14.5. The van der Waals surface area contributed by atoms with E-state index >= 15 is 0 Å². The van der Waals surface area contributed by atoms with E-state index in [-0.39, 0.29) is 5.56 Å². The fraction of sp³-hybridized carbons (Fsp3) is 0.133. The fourth-order valence-corrected chi connectivity index (χ4v) is 1.81. The highest BCUT2D eigenvalue weighted by Gasteiger charge is 2.09. The summed E-state index contributed by atoms with van der Waals surface area (Å²) in [5, 5.41) is 2.58. The van der Waals surface area contributed by atoms with Crippen LogP contribution in [0.5, 0.6) is 0 Å². The molecule has 0 spiro atoms. The topological polar surface area (TPSA) is 55.1 Å². The van der Waals surface area contributed by atoms with Crippen LogP contribution >= 0.6 is 0 Å². The third-order valence-electron chi connectivity index (χ3n) is 2.77. The Morgan fingerprint density at radius 3 is 2.20 bits per heavy atom. The normalized spacial score (nSPS) is 10.3. The second kappa shape index (κ2) is 6.25. The van der Waals surface area contributed by atoms with Crippen molar-refractivity contribution in [2.75, 3.05) is 11.9 Å². The Bertz CT molecular complexity index is 592. The Morgan fingerprint density at radius 1 is 1.05 bits per heavy atom. The molecule has 1 amide bonds. The molecule has 0 aromatic heterocycles. The number of hydrogen-bond acceptors (Lipinski definition) is 2. The molecular formula is C15H14F2N2O. The summed E-state index contributed by atoms with van der Waals surface area (Å²) in [7, 11) is 0. The van der Waals surface area contributed by atoms with Gasteiger partial charge in [0.15, 0.2) is 0 Å². The third kappa shape index (κ3) is 3.61. The summed E-state index contributed by atoms with van der Waals surface area (Å²) in [6, 6.07) is 9.82. The van der Waals surface area contributed by atoms with Crippen molar-refractivity contribution in [3.05, 3.63) is 65.2 Å². The van der Waals surface area contributed by atoms with Crippen molar-refractivity contribution in [2.24, 2.45) is 5.73 Å². The largest absolute Gasteiger partial charge is 0.330 e. The Labute approximate surface area is 115 Å². The minimum Gasteiger partial charge on any atom is -0.330 e. The molecule has 2 aromatic rings. The summed E-state index contributed by atoms with van der Waals surface area (Å²) < 4.78 is 26.1. The molecule has 0 saturated heterocycles. The molecule has 2 aromatic carbocycles.